The van der Waals surface area contributed by atoms with Crippen LogP contribution < -0.4 is 9.62 Å². The molecule has 0 aromatic heterocycles. The van der Waals surface area contributed by atoms with Crippen LogP contribution >= 0.6 is 0 Å². The number of hydrogen-bond donors (Lipinski definition) is 1. The molecule has 114 valence electrons. The molecule has 0 bridgehead atoms. The summed E-state index contributed by atoms with van der Waals surface area (Å²) in [7, 11) is -3.79. The Morgan fingerprint density at radius 3 is 2.59 bits per heavy atom. The van der Waals surface area contributed by atoms with Gasteiger partial charge in [0.1, 0.15) is 6.54 Å². The molecule has 1 amide bonds. The third kappa shape index (κ3) is 2.35. The molecule has 0 atom stereocenters. The van der Waals surface area contributed by atoms with Crippen molar-refractivity contribution in [2.24, 2.45) is 0 Å². The topological polar surface area (TPSA) is 66.5 Å². The van der Waals surface area contributed by atoms with Crippen LogP contribution in [0.3, 0.4) is 0 Å². The smallest absolute Gasteiger partial charge is 0.265 e. The van der Waals surface area contributed by atoms with E-state index in [0.29, 0.717) is 16.9 Å². The van der Waals surface area contributed by atoms with Crippen molar-refractivity contribution in [3.8, 4) is 0 Å². The fourth-order valence-corrected chi connectivity index (χ4v) is 4.27. The van der Waals surface area contributed by atoms with Crippen LogP contribution in [0.4, 0.5) is 11.4 Å². The summed E-state index contributed by atoms with van der Waals surface area (Å²) < 4.78 is 27.2. The summed E-state index contributed by atoms with van der Waals surface area (Å²) in [5.74, 6) is -0.340. The molecule has 0 spiro atoms. The monoisotopic (exact) mass is 316 g/mol. The van der Waals surface area contributed by atoms with Gasteiger partial charge < -0.3 is 5.32 Å². The van der Waals surface area contributed by atoms with E-state index in [1.807, 2.05) is 13.0 Å². The molecule has 0 unspecified atom stereocenters. The lowest BCUT2D eigenvalue weighted by atomic mass is 10.2. The highest BCUT2D eigenvalue weighted by atomic mass is 32.2. The average Bonchev–Trinajstić information content (AvgIpc) is 2.48. The number of nitrogens with zero attached hydrogens (tertiary/aromatic N) is 1. The number of fused-ring (bicyclic) bond motifs is 1. The standard InChI is InChI=1S/C16H16N2O3S/c1-11-7-8-12(2)15(9-11)22(20,21)18-10-16(19)17-13-5-3-4-6-14(13)18/h3-9H,10H2,1-2H3,(H,17,19). The minimum atomic E-state index is -3.79. The number of nitrogens with one attached hydrogen (secondary N) is 1. The van der Waals surface area contributed by atoms with E-state index in [0.717, 1.165) is 5.56 Å². The molecular weight excluding hydrogens is 300 g/mol. The van der Waals surface area contributed by atoms with E-state index in [1.54, 1.807) is 43.3 Å². The molecule has 0 saturated heterocycles. The number of amides is 1. The summed E-state index contributed by atoms with van der Waals surface area (Å²) in [6.07, 6.45) is 0. The maximum absolute atomic E-state index is 13.0. The number of hydrogen-bond acceptors (Lipinski definition) is 3. The molecule has 2 aromatic rings. The van der Waals surface area contributed by atoms with Gasteiger partial charge in [0.2, 0.25) is 5.91 Å². The molecule has 22 heavy (non-hydrogen) atoms. The Hall–Kier alpha value is -2.34. The third-order valence-corrected chi connectivity index (χ3v) is 5.55. The van der Waals surface area contributed by atoms with Crippen molar-refractivity contribution < 1.29 is 13.2 Å². The van der Waals surface area contributed by atoms with Crippen LogP contribution in [0, 0.1) is 13.8 Å². The van der Waals surface area contributed by atoms with Crippen LogP contribution in [-0.4, -0.2) is 20.9 Å². The molecule has 2 aromatic carbocycles. The predicted molar refractivity (Wildman–Crippen MR) is 85.5 cm³/mol. The van der Waals surface area contributed by atoms with Crippen LogP contribution in [0.1, 0.15) is 11.1 Å². The fraction of sp³-hybridized carbons (Fsp3) is 0.188. The second-order valence-corrected chi connectivity index (χ2v) is 7.18. The van der Waals surface area contributed by atoms with Gasteiger partial charge in [-0.15, -0.1) is 0 Å². The highest BCUT2D eigenvalue weighted by Crippen LogP contribution is 2.34. The van der Waals surface area contributed by atoms with E-state index in [-0.39, 0.29) is 17.3 Å². The van der Waals surface area contributed by atoms with E-state index < -0.39 is 10.0 Å². The van der Waals surface area contributed by atoms with Crippen molar-refractivity contribution in [1.29, 1.82) is 0 Å². The number of rotatable bonds is 2. The fourth-order valence-electron chi connectivity index (χ4n) is 2.52. The zero-order chi connectivity index (χ0) is 15.9. The second-order valence-electron chi connectivity index (χ2n) is 5.35. The average molecular weight is 316 g/mol. The second kappa shape index (κ2) is 5.14. The van der Waals surface area contributed by atoms with Crippen LogP contribution in [0.5, 0.6) is 0 Å². The largest absolute Gasteiger partial charge is 0.323 e. The van der Waals surface area contributed by atoms with Gasteiger partial charge in [0.05, 0.1) is 16.3 Å². The third-order valence-electron chi connectivity index (χ3n) is 3.65. The van der Waals surface area contributed by atoms with Gasteiger partial charge in [0.25, 0.3) is 10.0 Å². The van der Waals surface area contributed by atoms with Gasteiger partial charge in [-0.1, -0.05) is 24.3 Å². The van der Waals surface area contributed by atoms with Crippen molar-refractivity contribution in [3.05, 3.63) is 53.6 Å². The molecule has 6 heteroatoms. The van der Waals surface area contributed by atoms with Crippen molar-refractivity contribution in [2.45, 2.75) is 18.7 Å². The maximum Gasteiger partial charge on any atom is 0.265 e. The Morgan fingerprint density at radius 1 is 1.09 bits per heavy atom. The lowest BCUT2D eigenvalue weighted by Crippen LogP contribution is -2.42. The summed E-state index contributed by atoms with van der Waals surface area (Å²) in [5, 5.41) is 2.69. The zero-order valence-electron chi connectivity index (χ0n) is 12.3. The van der Waals surface area contributed by atoms with Crippen LogP contribution in [0.25, 0.3) is 0 Å². The summed E-state index contributed by atoms with van der Waals surface area (Å²) >= 11 is 0. The normalized spacial score (nSPS) is 14.5. The minimum absolute atomic E-state index is 0.216. The number of benzene rings is 2. The molecule has 0 radical (unpaired) electrons. The highest BCUT2D eigenvalue weighted by molar-refractivity contribution is 7.93. The lowest BCUT2D eigenvalue weighted by molar-refractivity contribution is -0.115. The van der Waals surface area contributed by atoms with Gasteiger partial charge in [0.15, 0.2) is 0 Å². The van der Waals surface area contributed by atoms with Gasteiger partial charge >= 0.3 is 0 Å². The molecule has 1 aliphatic heterocycles. The summed E-state index contributed by atoms with van der Waals surface area (Å²) in [5.41, 5.74) is 2.52. The van der Waals surface area contributed by atoms with E-state index in [9.17, 15) is 13.2 Å². The lowest BCUT2D eigenvalue weighted by Gasteiger charge is -2.30. The van der Waals surface area contributed by atoms with Crippen molar-refractivity contribution in [2.75, 3.05) is 16.2 Å². The quantitative estimate of drug-likeness (QED) is 0.925. The SMILES string of the molecule is Cc1ccc(C)c(S(=O)(=O)N2CC(=O)Nc3ccccc32)c1. The molecule has 1 N–H and O–H groups in total. The molecule has 0 fully saturated rings. The van der Waals surface area contributed by atoms with Crippen molar-refractivity contribution in [3.63, 3.8) is 0 Å². The first-order valence-corrected chi connectivity index (χ1v) is 8.32. The number of carbonyl (C=O) groups is 1. The molecule has 0 aliphatic carbocycles. The van der Waals surface area contributed by atoms with Gasteiger partial charge in [-0.05, 0) is 43.2 Å². The Kier molecular flexibility index (Phi) is 3.41. The highest BCUT2D eigenvalue weighted by Gasteiger charge is 2.33. The van der Waals surface area contributed by atoms with Crippen LogP contribution in [0.15, 0.2) is 47.4 Å². The van der Waals surface area contributed by atoms with Gasteiger partial charge in [-0.2, -0.15) is 0 Å². The molecule has 5 nitrogen and oxygen atoms in total. The summed E-state index contributed by atoms with van der Waals surface area (Å²) in [6, 6.07) is 12.2. The zero-order valence-corrected chi connectivity index (χ0v) is 13.1. The van der Waals surface area contributed by atoms with E-state index in [2.05, 4.69) is 5.32 Å². The van der Waals surface area contributed by atoms with Crippen molar-refractivity contribution in [1.82, 2.24) is 0 Å². The molecule has 3 rings (SSSR count). The predicted octanol–water partition coefficient (Wildman–Crippen LogP) is 2.45. The first-order chi connectivity index (χ1) is 10.4. The Labute approximate surface area is 129 Å². The number of sulfonamides is 1. The number of aryl methyl sites for hydroxylation is 2. The number of anilines is 2. The van der Waals surface area contributed by atoms with E-state index in [4.69, 9.17) is 0 Å². The van der Waals surface area contributed by atoms with E-state index >= 15 is 0 Å². The van der Waals surface area contributed by atoms with E-state index in [1.165, 1.54) is 4.31 Å². The van der Waals surface area contributed by atoms with Gasteiger partial charge in [0, 0.05) is 0 Å². The maximum atomic E-state index is 13.0. The first-order valence-electron chi connectivity index (χ1n) is 6.88. The van der Waals surface area contributed by atoms with Crippen LogP contribution in [-0.2, 0) is 14.8 Å². The minimum Gasteiger partial charge on any atom is -0.323 e. The Bertz CT molecular complexity index is 859. The van der Waals surface area contributed by atoms with Crippen molar-refractivity contribution >= 4 is 27.3 Å². The molecular formula is C16H16N2O3S. The Balaban J connectivity index is 2.18. The molecule has 1 aliphatic rings. The van der Waals surface area contributed by atoms with Gasteiger partial charge in [-0.3, -0.25) is 9.10 Å². The first kappa shape index (κ1) is 14.6. The summed E-state index contributed by atoms with van der Waals surface area (Å²) in [6.45, 7) is 3.38. The van der Waals surface area contributed by atoms with Gasteiger partial charge in [-0.25, -0.2) is 8.42 Å². The molecule has 1 heterocycles. The summed E-state index contributed by atoms with van der Waals surface area (Å²) in [4.78, 5) is 12.1. The molecule has 0 saturated carbocycles. The Morgan fingerprint density at radius 2 is 1.82 bits per heavy atom. The van der Waals surface area contributed by atoms with Crippen LogP contribution in [0.2, 0.25) is 0 Å². The number of para-hydroxylation sites is 2. The number of carbonyl (C=O) groups excluding carboxylic acids is 1.